The van der Waals surface area contributed by atoms with Gasteiger partial charge in [-0.3, -0.25) is 4.79 Å². The summed E-state index contributed by atoms with van der Waals surface area (Å²) in [6.07, 6.45) is 0.648. The highest BCUT2D eigenvalue weighted by Crippen LogP contribution is 2.33. The van der Waals surface area contributed by atoms with Crippen molar-refractivity contribution in [3.63, 3.8) is 0 Å². The fourth-order valence-corrected chi connectivity index (χ4v) is 1.74. The molecule has 0 saturated carbocycles. The predicted molar refractivity (Wildman–Crippen MR) is 69.9 cm³/mol. The van der Waals surface area contributed by atoms with E-state index >= 15 is 0 Å². The Morgan fingerprint density at radius 3 is 2.58 bits per heavy atom. The molecule has 0 aliphatic heterocycles. The van der Waals surface area contributed by atoms with Gasteiger partial charge in [-0.15, -0.1) is 0 Å². The Bertz CT molecular complexity index is 614. The Morgan fingerprint density at radius 2 is 1.95 bits per heavy atom. The van der Waals surface area contributed by atoms with Gasteiger partial charge in [-0.25, -0.2) is 4.39 Å². The largest absolute Gasteiger partial charge is 0.493 e. The van der Waals surface area contributed by atoms with Crippen molar-refractivity contribution in [3.05, 3.63) is 52.8 Å². The normalized spacial score (nSPS) is 10.1. The Balaban J connectivity index is 2.33. The van der Waals surface area contributed by atoms with Crippen LogP contribution < -0.4 is 9.47 Å². The van der Waals surface area contributed by atoms with Crippen LogP contribution in [0, 0.1) is 5.82 Å². The van der Waals surface area contributed by atoms with Gasteiger partial charge in [0, 0.05) is 17.7 Å². The van der Waals surface area contributed by atoms with Crippen molar-refractivity contribution in [3.8, 4) is 17.2 Å². The molecule has 0 aliphatic carbocycles. The van der Waals surface area contributed by atoms with Gasteiger partial charge < -0.3 is 9.47 Å². The SMILES string of the molecule is COc1ccc(F)cc1Oc1ccc(C=O)c(Cl)c1. The molecule has 0 spiro atoms. The van der Waals surface area contributed by atoms with Crippen molar-refractivity contribution in [2.24, 2.45) is 0 Å². The quantitative estimate of drug-likeness (QED) is 0.791. The second-order valence-corrected chi connectivity index (χ2v) is 4.11. The third-order valence-electron chi connectivity index (χ3n) is 2.45. The predicted octanol–water partition coefficient (Wildman–Crippen LogP) is 4.09. The Morgan fingerprint density at radius 1 is 1.16 bits per heavy atom. The minimum atomic E-state index is -0.439. The highest BCUT2D eigenvalue weighted by atomic mass is 35.5. The lowest BCUT2D eigenvalue weighted by Crippen LogP contribution is -1.92. The Labute approximate surface area is 114 Å². The van der Waals surface area contributed by atoms with E-state index in [9.17, 15) is 9.18 Å². The number of halogens is 2. The van der Waals surface area contributed by atoms with E-state index in [-0.39, 0.29) is 10.8 Å². The third kappa shape index (κ3) is 3.03. The van der Waals surface area contributed by atoms with Crippen molar-refractivity contribution in [2.45, 2.75) is 0 Å². The zero-order valence-corrected chi connectivity index (χ0v) is 10.8. The summed E-state index contributed by atoms with van der Waals surface area (Å²) in [4.78, 5) is 10.6. The highest BCUT2D eigenvalue weighted by molar-refractivity contribution is 6.33. The average molecular weight is 281 g/mol. The lowest BCUT2D eigenvalue weighted by atomic mass is 10.2. The number of rotatable bonds is 4. The molecule has 2 aromatic rings. The number of carbonyl (C=O) groups is 1. The summed E-state index contributed by atoms with van der Waals surface area (Å²) < 4.78 is 23.7. The molecule has 0 atom stereocenters. The third-order valence-corrected chi connectivity index (χ3v) is 2.78. The second kappa shape index (κ2) is 5.71. The van der Waals surface area contributed by atoms with Crippen LogP contribution in [0.3, 0.4) is 0 Å². The van der Waals surface area contributed by atoms with Crippen molar-refractivity contribution >= 4 is 17.9 Å². The van der Waals surface area contributed by atoms with Crippen LogP contribution in [0.2, 0.25) is 5.02 Å². The van der Waals surface area contributed by atoms with E-state index in [0.29, 0.717) is 23.3 Å². The van der Waals surface area contributed by atoms with Crippen LogP contribution in [0.15, 0.2) is 36.4 Å². The van der Waals surface area contributed by atoms with Gasteiger partial charge in [0.2, 0.25) is 0 Å². The van der Waals surface area contributed by atoms with Crippen LogP contribution in [-0.2, 0) is 0 Å². The summed E-state index contributed by atoms with van der Waals surface area (Å²) in [7, 11) is 1.46. The van der Waals surface area contributed by atoms with Gasteiger partial charge in [-0.05, 0) is 24.3 Å². The van der Waals surface area contributed by atoms with Crippen LogP contribution in [0.4, 0.5) is 4.39 Å². The van der Waals surface area contributed by atoms with Crippen molar-refractivity contribution < 1.29 is 18.7 Å². The number of hydrogen-bond donors (Lipinski definition) is 0. The van der Waals surface area contributed by atoms with E-state index in [1.54, 1.807) is 6.07 Å². The number of aldehydes is 1. The first-order chi connectivity index (χ1) is 9.13. The minimum Gasteiger partial charge on any atom is -0.493 e. The van der Waals surface area contributed by atoms with Gasteiger partial charge in [-0.1, -0.05) is 11.6 Å². The Hall–Kier alpha value is -2.07. The van der Waals surface area contributed by atoms with Crippen molar-refractivity contribution in [1.82, 2.24) is 0 Å². The van der Waals surface area contributed by atoms with Gasteiger partial charge >= 0.3 is 0 Å². The van der Waals surface area contributed by atoms with Crippen LogP contribution >= 0.6 is 11.6 Å². The maximum atomic E-state index is 13.2. The first-order valence-electron chi connectivity index (χ1n) is 5.40. The first kappa shape index (κ1) is 13.4. The summed E-state index contributed by atoms with van der Waals surface area (Å²) >= 11 is 5.88. The monoisotopic (exact) mass is 280 g/mol. The molecule has 0 saturated heterocycles. The average Bonchev–Trinajstić information content (AvgIpc) is 2.39. The lowest BCUT2D eigenvalue weighted by molar-refractivity contribution is 0.112. The van der Waals surface area contributed by atoms with Crippen LogP contribution in [-0.4, -0.2) is 13.4 Å². The molecule has 0 aliphatic rings. The van der Waals surface area contributed by atoms with Crippen LogP contribution in [0.5, 0.6) is 17.2 Å². The van der Waals surface area contributed by atoms with Crippen molar-refractivity contribution in [2.75, 3.05) is 7.11 Å². The van der Waals surface area contributed by atoms with E-state index in [2.05, 4.69) is 0 Å². The van der Waals surface area contributed by atoms with E-state index in [4.69, 9.17) is 21.1 Å². The van der Waals surface area contributed by atoms with Crippen LogP contribution in [0.1, 0.15) is 10.4 Å². The Kier molecular flexibility index (Phi) is 4.02. The summed E-state index contributed by atoms with van der Waals surface area (Å²) in [6, 6.07) is 8.52. The molecular weight excluding hydrogens is 271 g/mol. The van der Waals surface area contributed by atoms with Gasteiger partial charge in [0.1, 0.15) is 11.6 Å². The van der Waals surface area contributed by atoms with Gasteiger partial charge in [-0.2, -0.15) is 0 Å². The molecule has 98 valence electrons. The summed E-state index contributed by atoms with van der Waals surface area (Å²) in [5.41, 5.74) is 0.361. The molecule has 0 unspecified atom stereocenters. The molecule has 0 bridgehead atoms. The van der Waals surface area contributed by atoms with Gasteiger partial charge in [0.25, 0.3) is 0 Å². The molecule has 0 heterocycles. The molecule has 2 aromatic carbocycles. The zero-order chi connectivity index (χ0) is 13.8. The van der Waals surface area contributed by atoms with E-state index in [1.807, 2.05) is 0 Å². The molecule has 3 nitrogen and oxygen atoms in total. The molecule has 0 aromatic heterocycles. The summed E-state index contributed by atoms with van der Waals surface area (Å²) in [5, 5.41) is 0.267. The van der Waals surface area contributed by atoms with Crippen molar-refractivity contribution in [1.29, 1.82) is 0 Å². The first-order valence-corrected chi connectivity index (χ1v) is 5.78. The molecular formula is C14H10ClFO3. The molecule has 19 heavy (non-hydrogen) atoms. The number of benzene rings is 2. The molecule has 0 fully saturated rings. The summed E-state index contributed by atoms with van der Waals surface area (Å²) in [6.45, 7) is 0. The molecule has 2 rings (SSSR count). The highest BCUT2D eigenvalue weighted by Gasteiger charge is 2.08. The minimum absolute atomic E-state index is 0.234. The maximum absolute atomic E-state index is 13.2. The smallest absolute Gasteiger partial charge is 0.172 e. The molecule has 0 radical (unpaired) electrons. The maximum Gasteiger partial charge on any atom is 0.172 e. The molecule has 0 amide bonds. The molecule has 0 N–H and O–H groups in total. The fourth-order valence-electron chi connectivity index (χ4n) is 1.52. The van der Waals surface area contributed by atoms with Gasteiger partial charge in [0.15, 0.2) is 17.8 Å². The molecule has 5 heteroatoms. The summed E-state index contributed by atoms with van der Waals surface area (Å²) in [5.74, 6) is 0.584. The van der Waals surface area contributed by atoms with E-state index < -0.39 is 5.82 Å². The standard InChI is InChI=1S/C14H10ClFO3/c1-18-13-5-3-10(16)6-14(13)19-11-4-2-9(8-17)12(15)7-11/h2-8H,1H3. The van der Waals surface area contributed by atoms with Crippen LogP contribution in [0.25, 0.3) is 0 Å². The number of ether oxygens (including phenoxy) is 2. The number of methoxy groups -OCH3 is 1. The zero-order valence-electron chi connectivity index (χ0n) is 10.0. The number of carbonyl (C=O) groups excluding carboxylic acids is 1. The lowest BCUT2D eigenvalue weighted by Gasteiger charge is -2.10. The topological polar surface area (TPSA) is 35.5 Å². The van der Waals surface area contributed by atoms with Gasteiger partial charge in [0.05, 0.1) is 12.1 Å². The fraction of sp³-hybridized carbons (Fsp3) is 0.0714. The second-order valence-electron chi connectivity index (χ2n) is 3.70. The number of hydrogen-bond acceptors (Lipinski definition) is 3. The van der Waals surface area contributed by atoms with E-state index in [0.717, 1.165) is 0 Å². The van der Waals surface area contributed by atoms with E-state index in [1.165, 1.54) is 37.4 Å².